The van der Waals surface area contributed by atoms with Crippen molar-refractivity contribution in [3.63, 3.8) is 0 Å². The standard InChI is InChI=1S/C10H20O/c1-4-8-11-9-6-5-7-10(2)3/h5,7,10H,4,6,8-9H2,1-3H3/b7-5+. The third kappa shape index (κ3) is 9.70. The van der Waals surface area contributed by atoms with Crippen LogP contribution in [0.5, 0.6) is 0 Å². The maximum absolute atomic E-state index is 5.31. The van der Waals surface area contributed by atoms with E-state index in [1.54, 1.807) is 0 Å². The van der Waals surface area contributed by atoms with Gasteiger partial charge in [-0.25, -0.2) is 0 Å². The molecule has 0 aromatic heterocycles. The largest absolute Gasteiger partial charge is 0.381 e. The maximum Gasteiger partial charge on any atom is 0.0500 e. The molecule has 0 radical (unpaired) electrons. The van der Waals surface area contributed by atoms with Crippen LogP contribution in [0.2, 0.25) is 0 Å². The lowest BCUT2D eigenvalue weighted by Gasteiger charge is -1.98. The number of rotatable bonds is 6. The summed E-state index contributed by atoms with van der Waals surface area (Å²) < 4.78 is 5.31. The van der Waals surface area contributed by atoms with Crippen LogP contribution < -0.4 is 0 Å². The average Bonchev–Trinajstić information content (AvgIpc) is 1.96. The molecule has 0 aliphatic carbocycles. The molecule has 0 heterocycles. The molecule has 66 valence electrons. The second-order valence-corrected chi connectivity index (χ2v) is 3.07. The summed E-state index contributed by atoms with van der Waals surface area (Å²) in [5, 5.41) is 0. The van der Waals surface area contributed by atoms with Crippen LogP contribution in [0.25, 0.3) is 0 Å². The molecule has 0 aliphatic heterocycles. The summed E-state index contributed by atoms with van der Waals surface area (Å²) in [5.41, 5.74) is 0. The van der Waals surface area contributed by atoms with Crippen LogP contribution in [0, 0.1) is 5.92 Å². The molecule has 1 heteroatoms. The van der Waals surface area contributed by atoms with Crippen LogP contribution in [-0.2, 0) is 4.74 Å². The van der Waals surface area contributed by atoms with Gasteiger partial charge in [0, 0.05) is 6.61 Å². The van der Waals surface area contributed by atoms with Crippen molar-refractivity contribution in [2.75, 3.05) is 13.2 Å². The van der Waals surface area contributed by atoms with Gasteiger partial charge in [-0.05, 0) is 18.8 Å². The Morgan fingerprint density at radius 3 is 2.55 bits per heavy atom. The second-order valence-electron chi connectivity index (χ2n) is 3.07. The number of hydrogen-bond acceptors (Lipinski definition) is 1. The van der Waals surface area contributed by atoms with Crippen molar-refractivity contribution in [2.24, 2.45) is 5.92 Å². The predicted octanol–water partition coefficient (Wildman–Crippen LogP) is 3.02. The first-order valence-corrected chi connectivity index (χ1v) is 4.51. The van der Waals surface area contributed by atoms with Gasteiger partial charge >= 0.3 is 0 Å². The van der Waals surface area contributed by atoms with Gasteiger partial charge in [-0.1, -0.05) is 32.9 Å². The molecule has 0 bridgehead atoms. The minimum Gasteiger partial charge on any atom is -0.381 e. The fraction of sp³-hybridized carbons (Fsp3) is 0.800. The highest BCUT2D eigenvalue weighted by molar-refractivity contribution is 4.83. The monoisotopic (exact) mass is 156 g/mol. The molecule has 0 aromatic rings. The molecule has 0 aromatic carbocycles. The Bertz CT molecular complexity index is 95.0. The Kier molecular flexibility index (Phi) is 7.59. The Balaban J connectivity index is 3.01. The van der Waals surface area contributed by atoms with Crippen molar-refractivity contribution in [3.05, 3.63) is 12.2 Å². The minimum atomic E-state index is 0.668. The Labute approximate surface area is 70.4 Å². The summed E-state index contributed by atoms with van der Waals surface area (Å²) >= 11 is 0. The van der Waals surface area contributed by atoms with Gasteiger partial charge in [0.15, 0.2) is 0 Å². The maximum atomic E-state index is 5.31. The van der Waals surface area contributed by atoms with E-state index in [-0.39, 0.29) is 0 Å². The van der Waals surface area contributed by atoms with Gasteiger partial charge in [0.1, 0.15) is 0 Å². The fourth-order valence-corrected chi connectivity index (χ4v) is 0.766. The molecule has 0 atom stereocenters. The first-order valence-electron chi connectivity index (χ1n) is 4.51. The molecule has 0 rings (SSSR count). The molecular formula is C10H20O. The van der Waals surface area contributed by atoms with E-state index in [9.17, 15) is 0 Å². The SMILES string of the molecule is CCCOCC/C=C/C(C)C. The lowest BCUT2D eigenvalue weighted by atomic mass is 10.2. The van der Waals surface area contributed by atoms with Crippen molar-refractivity contribution in [1.29, 1.82) is 0 Å². The minimum absolute atomic E-state index is 0.668. The zero-order valence-corrected chi connectivity index (χ0v) is 7.97. The third-order valence-corrected chi connectivity index (χ3v) is 1.30. The molecule has 0 saturated heterocycles. The number of hydrogen-bond donors (Lipinski definition) is 0. The summed E-state index contributed by atoms with van der Waals surface area (Å²) in [7, 11) is 0. The van der Waals surface area contributed by atoms with Gasteiger partial charge in [-0.3, -0.25) is 0 Å². The molecule has 0 unspecified atom stereocenters. The molecule has 0 fully saturated rings. The van der Waals surface area contributed by atoms with Crippen LogP contribution >= 0.6 is 0 Å². The summed E-state index contributed by atoms with van der Waals surface area (Å²) in [6, 6.07) is 0. The normalized spacial score (nSPS) is 11.6. The van der Waals surface area contributed by atoms with E-state index in [0.717, 1.165) is 26.1 Å². The second kappa shape index (κ2) is 7.80. The zero-order chi connectivity index (χ0) is 8.53. The molecule has 0 aliphatic rings. The van der Waals surface area contributed by atoms with Gasteiger partial charge in [-0.2, -0.15) is 0 Å². The van der Waals surface area contributed by atoms with Gasteiger partial charge in [-0.15, -0.1) is 0 Å². The Morgan fingerprint density at radius 1 is 1.27 bits per heavy atom. The number of ether oxygens (including phenoxy) is 1. The van der Waals surface area contributed by atoms with Gasteiger partial charge in [0.05, 0.1) is 6.61 Å². The van der Waals surface area contributed by atoms with E-state index in [0.29, 0.717) is 5.92 Å². The molecule has 11 heavy (non-hydrogen) atoms. The first kappa shape index (κ1) is 10.7. The van der Waals surface area contributed by atoms with Crippen LogP contribution in [-0.4, -0.2) is 13.2 Å². The predicted molar refractivity (Wildman–Crippen MR) is 49.7 cm³/mol. The van der Waals surface area contributed by atoms with Gasteiger partial charge in [0.2, 0.25) is 0 Å². The number of allylic oxidation sites excluding steroid dienone is 1. The molecule has 0 saturated carbocycles. The van der Waals surface area contributed by atoms with Crippen LogP contribution in [0.3, 0.4) is 0 Å². The lowest BCUT2D eigenvalue weighted by molar-refractivity contribution is 0.139. The highest BCUT2D eigenvalue weighted by atomic mass is 16.5. The Hall–Kier alpha value is -0.300. The van der Waals surface area contributed by atoms with E-state index in [4.69, 9.17) is 4.74 Å². The lowest BCUT2D eigenvalue weighted by Crippen LogP contribution is -1.93. The average molecular weight is 156 g/mol. The van der Waals surface area contributed by atoms with Crippen LogP contribution in [0.4, 0.5) is 0 Å². The van der Waals surface area contributed by atoms with Crippen molar-refractivity contribution in [1.82, 2.24) is 0 Å². The van der Waals surface area contributed by atoms with Crippen molar-refractivity contribution in [2.45, 2.75) is 33.6 Å². The van der Waals surface area contributed by atoms with Crippen LogP contribution in [0.15, 0.2) is 12.2 Å². The summed E-state index contributed by atoms with van der Waals surface area (Å²) in [6.07, 6.45) is 6.59. The van der Waals surface area contributed by atoms with Crippen molar-refractivity contribution in [3.8, 4) is 0 Å². The van der Waals surface area contributed by atoms with Crippen molar-refractivity contribution < 1.29 is 4.74 Å². The van der Waals surface area contributed by atoms with Gasteiger partial charge < -0.3 is 4.74 Å². The summed E-state index contributed by atoms with van der Waals surface area (Å²) in [5.74, 6) is 0.668. The van der Waals surface area contributed by atoms with Gasteiger partial charge in [0.25, 0.3) is 0 Å². The third-order valence-electron chi connectivity index (χ3n) is 1.30. The van der Waals surface area contributed by atoms with E-state index in [2.05, 4.69) is 32.9 Å². The molecule has 1 nitrogen and oxygen atoms in total. The highest BCUT2D eigenvalue weighted by Crippen LogP contribution is 1.95. The first-order chi connectivity index (χ1) is 5.27. The van der Waals surface area contributed by atoms with E-state index in [1.807, 2.05) is 0 Å². The van der Waals surface area contributed by atoms with Crippen LogP contribution in [0.1, 0.15) is 33.6 Å². The molecule has 0 spiro atoms. The highest BCUT2D eigenvalue weighted by Gasteiger charge is 1.84. The molecular weight excluding hydrogens is 136 g/mol. The zero-order valence-electron chi connectivity index (χ0n) is 7.97. The Morgan fingerprint density at radius 2 is 2.00 bits per heavy atom. The molecule has 0 N–H and O–H groups in total. The fourth-order valence-electron chi connectivity index (χ4n) is 0.766. The quantitative estimate of drug-likeness (QED) is 0.424. The van der Waals surface area contributed by atoms with Crippen molar-refractivity contribution >= 4 is 0 Å². The topological polar surface area (TPSA) is 9.23 Å². The molecule has 0 amide bonds. The van der Waals surface area contributed by atoms with E-state index < -0.39 is 0 Å². The van der Waals surface area contributed by atoms with E-state index >= 15 is 0 Å². The smallest absolute Gasteiger partial charge is 0.0500 e. The summed E-state index contributed by atoms with van der Waals surface area (Å²) in [6.45, 7) is 8.27. The van der Waals surface area contributed by atoms with E-state index in [1.165, 1.54) is 0 Å². The summed E-state index contributed by atoms with van der Waals surface area (Å²) in [4.78, 5) is 0.